The van der Waals surface area contributed by atoms with Crippen molar-refractivity contribution in [1.82, 2.24) is 9.97 Å². The second-order valence-corrected chi connectivity index (χ2v) is 9.63. The summed E-state index contributed by atoms with van der Waals surface area (Å²) >= 11 is 8.86. The van der Waals surface area contributed by atoms with Crippen LogP contribution in [0.2, 0.25) is 5.02 Å². The van der Waals surface area contributed by atoms with E-state index in [0.29, 0.717) is 20.7 Å². The molecule has 3 aromatic heterocycles. The molecule has 5 nitrogen and oxygen atoms in total. The molecular formula is C22H19ClN4OS2. The van der Waals surface area contributed by atoms with Crippen LogP contribution in [0.15, 0.2) is 35.8 Å². The van der Waals surface area contributed by atoms with Crippen LogP contribution in [0.1, 0.15) is 40.2 Å². The number of thiazole rings is 1. The Morgan fingerprint density at radius 3 is 2.70 bits per heavy atom. The number of aryl methyl sites for hydroxylation is 1. The van der Waals surface area contributed by atoms with Gasteiger partial charge in [0.15, 0.2) is 5.13 Å². The summed E-state index contributed by atoms with van der Waals surface area (Å²) in [5.41, 5.74) is 11.6. The molecule has 4 aromatic rings. The normalized spacial score (nSPS) is 13.8. The van der Waals surface area contributed by atoms with Crippen LogP contribution in [-0.2, 0) is 12.8 Å². The lowest BCUT2D eigenvalue weighted by atomic mass is 9.93. The van der Waals surface area contributed by atoms with Crippen molar-refractivity contribution in [3.63, 3.8) is 0 Å². The van der Waals surface area contributed by atoms with E-state index in [-0.39, 0.29) is 5.91 Å². The van der Waals surface area contributed by atoms with Gasteiger partial charge in [-0.2, -0.15) is 0 Å². The van der Waals surface area contributed by atoms with Crippen LogP contribution < -0.4 is 11.1 Å². The fourth-order valence-corrected chi connectivity index (χ4v) is 5.70. The number of benzene rings is 1. The molecule has 0 radical (unpaired) electrons. The molecule has 0 spiro atoms. The minimum atomic E-state index is -0.247. The van der Waals surface area contributed by atoms with Crippen LogP contribution in [0.3, 0.4) is 0 Å². The number of aromatic nitrogens is 2. The Balaban J connectivity index is 1.72. The van der Waals surface area contributed by atoms with Crippen molar-refractivity contribution in [2.24, 2.45) is 0 Å². The third-order valence-corrected chi connectivity index (χ3v) is 7.43. The molecule has 8 heteroatoms. The fourth-order valence-electron chi connectivity index (χ4n) is 4.03. The molecule has 0 unspecified atom stereocenters. The molecule has 1 aliphatic carbocycles. The molecule has 0 atom stereocenters. The molecule has 30 heavy (non-hydrogen) atoms. The number of carbonyl (C=O) groups is 1. The number of anilines is 2. The summed E-state index contributed by atoms with van der Waals surface area (Å²) < 4.78 is 0. The van der Waals surface area contributed by atoms with E-state index in [9.17, 15) is 4.79 Å². The number of nitrogens with zero attached hydrogens (tertiary/aromatic N) is 2. The molecule has 0 saturated heterocycles. The van der Waals surface area contributed by atoms with E-state index in [2.05, 4.69) is 10.3 Å². The van der Waals surface area contributed by atoms with Crippen molar-refractivity contribution in [1.29, 1.82) is 0 Å². The highest BCUT2D eigenvalue weighted by Gasteiger charge is 2.25. The zero-order chi connectivity index (χ0) is 20.7. The lowest BCUT2D eigenvalue weighted by Gasteiger charge is -2.15. The number of fused-ring (bicyclic) bond motifs is 2. The van der Waals surface area contributed by atoms with Gasteiger partial charge in [0.05, 0.1) is 5.69 Å². The average Bonchev–Trinajstić information content (AvgIpc) is 3.28. The number of pyridine rings is 1. The highest BCUT2D eigenvalue weighted by molar-refractivity contribution is 7.21. The van der Waals surface area contributed by atoms with Crippen LogP contribution in [0, 0.1) is 0 Å². The van der Waals surface area contributed by atoms with Crippen LogP contribution in [0.5, 0.6) is 0 Å². The standard InChI is InChI=1S/C22H19ClN4OS2/c23-13-8-6-12(7-9-13)16-14-4-2-1-3-5-15(14)26-21-17(16)18(24)19(30-21)20(28)27-22-25-10-11-29-22/h6-11H,1-5,24H2,(H,25,27,28). The van der Waals surface area contributed by atoms with Gasteiger partial charge in [0.25, 0.3) is 5.91 Å². The largest absolute Gasteiger partial charge is 0.397 e. The Hall–Kier alpha value is -2.48. The maximum atomic E-state index is 12.9. The summed E-state index contributed by atoms with van der Waals surface area (Å²) in [7, 11) is 0. The number of hydrogen-bond donors (Lipinski definition) is 2. The minimum absolute atomic E-state index is 0.247. The van der Waals surface area contributed by atoms with E-state index in [1.807, 2.05) is 29.6 Å². The number of nitrogens with one attached hydrogen (secondary N) is 1. The third kappa shape index (κ3) is 3.47. The molecule has 1 aliphatic rings. The Bertz CT molecular complexity index is 1230. The lowest BCUT2D eigenvalue weighted by molar-refractivity contribution is 0.103. The number of carbonyl (C=O) groups excluding carboxylic acids is 1. The topological polar surface area (TPSA) is 80.9 Å². The van der Waals surface area contributed by atoms with E-state index < -0.39 is 0 Å². The zero-order valence-corrected chi connectivity index (χ0v) is 18.5. The first-order valence-corrected chi connectivity index (χ1v) is 11.9. The Labute approximate surface area is 186 Å². The van der Waals surface area contributed by atoms with Crippen LogP contribution in [0.4, 0.5) is 10.8 Å². The van der Waals surface area contributed by atoms with Crippen molar-refractivity contribution >= 4 is 61.2 Å². The summed E-state index contributed by atoms with van der Waals surface area (Å²) in [5, 5.41) is 6.77. The summed E-state index contributed by atoms with van der Waals surface area (Å²) in [6.45, 7) is 0. The maximum Gasteiger partial charge on any atom is 0.269 e. The molecule has 0 fully saturated rings. The van der Waals surface area contributed by atoms with Gasteiger partial charge in [0.1, 0.15) is 9.71 Å². The first-order chi connectivity index (χ1) is 14.6. The number of halogens is 1. The Morgan fingerprint density at radius 2 is 1.93 bits per heavy atom. The van der Waals surface area contributed by atoms with E-state index >= 15 is 0 Å². The molecule has 3 N–H and O–H groups in total. The molecule has 5 rings (SSSR count). The molecule has 0 aliphatic heterocycles. The van der Waals surface area contributed by atoms with Gasteiger partial charge in [0, 0.05) is 27.7 Å². The second kappa shape index (κ2) is 7.98. The predicted molar refractivity (Wildman–Crippen MR) is 126 cm³/mol. The van der Waals surface area contributed by atoms with Gasteiger partial charge in [-0.25, -0.2) is 9.97 Å². The summed E-state index contributed by atoms with van der Waals surface area (Å²) in [5.74, 6) is -0.247. The third-order valence-electron chi connectivity index (χ3n) is 5.40. The van der Waals surface area contributed by atoms with Gasteiger partial charge in [0.2, 0.25) is 0 Å². The van der Waals surface area contributed by atoms with Crippen molar-refractivity contribution in [3.8, 4) is 11.1 Å². The maximum absolute atomic E-state index is 12.9. The first-order valence-electron chi connectivity index (χ1n) is 9.82. The Kier molecular flexibility index (Phi) is 5.18. The van der Waals surface area contributed by atoms with Gasteiger partial charge >= 0.3 is 0 Å². The van der Waals surface area contributed by atoms with E-state index in [0.717, 1.165) is 52.7 Å². The number of amides is 1. The number of hydrogen-bond acceptors (Lipinski definition) is 6. The fraction of sp³-hybridized carbons (Fsp3) is 0.227. The molecular weight excluding hydrogens is 436 g/mol. The predicted octanol–water partition coefficient (Wildman–Crippen LogP) is 6.18. The second-order valence-electron chi connectivity index (χ2n) is 7.30. The van der Waals surface area contributed by atoms with Crippen LogP contribution in [-0.4, -0.2) is 15.9 Å². The summed E-state index contributed by atoms with van der Waals surface area (Å²) in [4.78, 5) is 23.3. The number of rotatable bonds is 3. The van der Waals surface area contributed by atoms with E-state index in [1.165, 1.54) is 34.7 Å². The highest BCUT2D eigenvalue weighted by Crippen LogP contribution is 2.43. The lowest BCUT2D eigenvalue weighted by Crippen LogP contribution is -2.11. The molecule has 1 amide bonds. The summed E-state index contributed by atoms with van der Waals surface area (Å²) in [6.07, 6.45) is 7.02. The number of nitrogen functional groups attached to an aromatic ring is 1. The van der Waals surface area contributed by atoms with Gasteiger partial charge in [-0.15, -0.1) is 22.7 Å². The van der Waals surface area contributed by atoms with Crippen LogP contribution in [0.25, 0.3) is 21.3 Å². The molecule has 1 aromatic carbocycles. The van der Waals surface area contributed by atoms with Gasteiger partial charge < -0.3 is 5.73 Å². The Morgan fingerprint density at radius 1 is 1.13 bits per heavy atom. The van der Waals surface area contributed by atoms with Gasteiger partial charge in [-0.1, -0.05) is 30.2 Å². The van der Waals surface area contributed by atoms with Crippen LogP contribution >= 0.6 is 34.3 Å². The monoisotopic (exact) mass is 454 g/mol. The highest BCUT2D eigenvalue weighted by atomic mass is 35.5. The molecule has 3 heterocycles. The average molecular weight is 455 g/mol. The summed E-state index contributed by atoms with van der Waals surface area (Å²) in [6, 6.07) is 7.83. The zero-order valence-electron chi connectivity index (χ0n) is 16.1. The van der Waals surface area contributed by atoms with Crippen molar-refractivity contribution < 1.29 is 4.79 Å². The SMILES string of the molecule is Nc1c(C(=O)Nc2nccs2)sc2nc3c(c(-c4ccc(Cl)cc4)c12)CCCCC3. The molecule has 0 saturated carbocycles. The minimum Gasteiger partial charge on any atom is -0.397 e. The molecule has 152 valence electrons. The van der Waals surface area contributed by atoms with Crippen molar-refractivity contribution in [3.05, 3.63) is 57.0 Å². The van der Waals surface area contributed by atoms with Gasteiger partial charge in [-0.05, 0) is 54.5 Å². The number of nitrogens with two attached hydrogens (primary N) is 1. The van der Waals surface area contributed by atoms with Gasteiger partial charge in [-0.3, -0.25) is 10.1 Å². The van der Waals surface area contributed by atoms with E-state index in [1.54, 1.807) is 6.20 Å². The smallest absolute Gasteiger partial charge is 0.269 e. The number of thiophene rings is 1. The van der Waals surface area contributed by atoms with Crippen molar-refractivity contribution in [2.75, 3.05) is 11.1 Å². The first kappa shape index (κ1) is 19.5. The quantitative estimate of drug-likeness (QED) is 0.362. The van der Waals surface area contributed by atoms with Crippen molar-refractivity contribution in [2.45, 2.75) is 32.1 Å². The molecule has 0 bridgehead atoms. The van der Waals surface area contributed by atoms with E-state index in [4.69, 9.17) is 22.3 Å².